The Morgan fingerprint density at radius 1 is 1.25 bits per heavy atom. The molecule has 0 radical (unpaired) electrons. The van der Waals surface area contributed by atoms with E-state index in [9.17, 15) is 9.59 Å². The molecule has 1 aromatic carbocycles. The van der Waals surface area contributed by atoms with E-state index in [1.165, 1.54) is 4.57 Å². The number of aromatic nitrogens is 2. The van der Waals surface area contributed by atoms with Gasteiger partial charge >= 0.3 is 11.7 Å². The summed E-state index contributed by atoms with van der Waals surface area (Å²) in [6, 6.07) is 9.12. The van der Waals surface area contributed by atoms with Crippen LogP contribution in [0, 0.1) is 0 Å². The van der Waals surface area contributed by atoms with Crippen LogP contribution >= 0.6 is 0 Å². The zero-order chi connectivity index (χ0) is 17.3. The van der Waals surface area contributed by atoms with Gasteiger partial charge in [0, 0.05) is 18.0 Å². The Morgan fingerprint density at radius 3 is 2.71 bits per heavy atom. The third kappa shape index (κ3) is 3.37. The van der Waals surface area contributed by atoms with Crippen LogP contribution in [-0.4, -0.2) is 21.1 Å². The standard InChI is InChI=1S/C18H18N2O4/c1-18(2,3)24-16(21)11-20-14-9-12(13-5-4-8-19-10-13)6-7-15(14)23-17(20)22/h4-10H,11H2,1-3H3. The summed E-state index contributed by atoms with van der Waals surface area (Å²) < 4.78 is 11.8. The highest BCUT2D eigenvalue weighted by Gasteiger charge is 2.19. The highest BCUT2D eigenvalue weighted by atomic mass is 16.6. The van der Waals surface area contributed by atoms with Crippen molar-refractivity contribution in [3.8, 4) is 11.1 Å². The fourth-order valence-corrected chi connectivity index (χ4v) is 2.43. The van der Waals surface area contributed by atoms with E-state index in [1.54, 1.807) is 39.2 Å². The molecule has 3 rings (SSSR count). The summed E-state index contributed by atoms with van der Waals surface area (Å²) in [5.74, 6) is -1.07. The average molecular weight is 326 g/mol. The molecule has 0 saturated heterocycles. The summed E-state index contributed by atoms with van der Waals surface area (Å²) in [5.41, 5.74) is 2.16. The van der Waals surface area contributed by atoms with Crippen LogP contribution in [0.2, 0.25) is 0 Å². The topological polar surface area (TPSA) is 74.3 Å². The van der Waals surface area contributed by atoms with Crippen molar-refractivity contribution >= 4 is 17.1 Å². The van der Waals surface area contributed by atoms with Gasteiger partial charge in [-0.25, -0.2) is 4.79 Å². The maximum atomic E-state index is 12.1. The lowest BCUT2D eigenvalue weighted by molar-refractivity contribution is -0.155. The Kier molecular flexibility index (Phi) is 3.97. The molecular weight excluding hydrogens is 308 g/mol. The molecule has 6 heteroatoms. The third-order valence-electron chi connectivity index (χ3n) is 3.37. The molecule has 124 valence electrons. The predicted molar refractivity (Wildman–Crippen MR) is 89.6 cm³/mol. The predicted octanol–water partition coefficient (Wildman–Crippen LogP) is 3.00. The second-order valence-electron chi connectivity index (χ2n) is 6.46. The molecule has 0 unspecified atom stereocenters. The number of benzene rings is 1. The monoisotopic (exact) mass is 326 g/mol. The fourth-order valence-electron chi connectivity index (χ4n) is 2.43. The summed E-state index contributed by atoms with van der Waals surface area (Å²) in [4.78, 5) is 28.2. The number of nitrogens with zero attached hydrogens (tertiary/aromatic N) is 2. The number of rotatable bonds is 3. The van der Waals surface area contributed by atoms with E-state index < -0.39 is 17.3 Å². The first-order chi connectivity index (χ1) is 11.3. The van der Waals surface area contributed by atoms with Gasteiger partial charge in [-0.2, -0.15) is 0 Å². The van der Waals surface area contributed by atoms with Crippen LogP contribution < -0.4 is 5.76 Å². The van der Waals surface area contributed by atoms with Gasteiger partial charge in [0.25, 0.3) is 0 Å². The maximum absolute atomic E-state index is 12.1. The molecule has 24 heavy (non-hydrogen) atoms. The highest BCUT2D eigenvalue weighted by Crippen LogP contribution is 2.23. The quantitative estimate of drug-likeness (QED) is 0.692. The van der Waals surface area contributed by atoms with Gasteiger partial charge in [-0.1, -0.05) is 12.1 Å². The number of oxazole rings is 1. The minimum atomic E-state index is -0.610. The van der Waals surface area contributed by atoms with Crippen LogP contribution in [0.1, 0.15) is 20.8 Å². The Morgan fingerprint density at radius 2 is 2.04 bits per heavy atom. The van der Waals surface area contributed by atoms with E-state index in [-0.39, 0.29) is 6.54 Å². The van der Waals surface area contributed by atoms with Crippen molar-refractivity contribution in [3.63, 3.8) is 0 Å². The second kappa shape index (κ2) is 5.96. The van der Waals surface area contributed by atoms with E-state index in [2.05, 4.69) is 4.98 Å². The zero-order valence-electron chi connectivity index (χ0n) is 13.8. The molecule has 2 heterocycles. The van der Waals surface area contributed by atoms with E-state index in [4.69, 9.17) is 9.15 Å². The van der Waals surface area contributed by atoms with Gasteiger partial charge in [0.05, 0.1) is 5.52 Å². The van der Waals surface area contributed by atoms with Gasteiger partial charge in [-0.15, -0.1) is 0 Å². The molecule has 0 N–H and O–H groups in total. The summed E-state index contributed by atoms with van der Waals surface area (Å²) in [5, 5.41) is 0. The molecular formula is C18H18N2O4. The molecule has 0 fully saturated rings. The SMILES string of the molecule is CC(C)(C)OC(=O)Cn1c(=O)oc2ccc(-c3cccnc3)cc21. The van der Waals surface area contributed by atoms with Gasteiger partial charge < -0.3 is 9.15 Å². The smallest absolute Gasteiger partial charge is 0.420 e. The molecule has 0 aliphatic carbocycles. The Labute approximate surface area is 138 Å². The van der Waals surface area contributed by atoms with Crippen LogP contribution in [0.4, 0.5) is 0 Å². The molecule has 0 amide bonds. The second-order valence-corrected chi connectivity index (χ2v) is 6.46. The number of ether oxygens (including phenoxy) is 1. The number of carbonyl (C=O) groups is 1. The van der Waals surface area contributed by atoms with Gasteiger partial charge in [-0.3, -0.25) is 14.3 Å². The summed E-state index contributed by atoms with van der Waals surface area (Å²) in [6.07, 6.45) is 3.43. The van der Waals surface area contributed by atoms with Crippen molar-refractivity contribution in [1.29, 1.82) is 0 Å². The van der Waals surface area contributed by atoms with E-state index in [0.717, 1.165) is 11.1 Å². The molecule has 0 bridgehead atoms. The van der Waals surface area contributed by atoms with E-state index in [1.807, 2.05) is 24.3 Å². The van der Waals surface area contributed by atoms with Crippen molar-refractivity contribution in [2.45, 2.75) is 32.9 Å². The van der Waals surface area contributed by atoms with Crippen molar-refractivity contribution < 1.29 is 13.9 Å². The first kappa shape index (κ1) is 16.0. The Balaban J connectivity index is 2.00. The molecule has 6 nitrogen and oxygen atoms in total. The van der Waals surface area contributed by atoms with E-state index in [0.29, 0.717) is 11.1 Å². The van der Waals surface area contributed by atoms with Crippen LogP contribution in [0.15, 0.2) is 51.9 Å². The number of carbonyl (C=O) groups excluding carboxylic acids is 1. The summed E-state index contributed by atoms with van der Waals surface area (Å²) >= 11 is 0. The fraction of sp³-hybridized carbons (Fsp3) is 0.278. The molecule has 3 aromatic rings. The first-order valence-corrected chi connectivity index (χ1v) is 7.59. The Hall–Kier alpha value is -2.89. The van der Waals surface area contributed by atoms with Crippen molar-refractivity contribution in [2.24, 2.45) is 0 Å². The number of pyridine rings is 1. The van der Waals surface area contributed by atoms with Gasteiger partial charge in [0.15, 0.2) is 5.58 Å². The minimum Gasteiger partial charge on any atom is -0.459 e. The number of hydrogen-bond acceptors (Lipinski definition) is 5. The molecule has 0 aliphatic heterocycles. The van der Waals surface area contributed by atoms with Crippen LogP contribution in [-0.2, 0) is 16.1 Å². The van der Waals surface area contributed by atoms with Crippen LogP contribution in [0.3, 0.4) is 0 Å². The van der Waals surface area contributed by atoms with Gasteiger partial charge in [-0.05, 0) is 44.5 Å². The molecule has 0 atom stereocenters. The molecule has 2 aromatic heterocycles. The van der Waals surface area contributed by atoms with Gasteiger partial charge in [0.1, 0.15) is 12.1 Å². The van der Waals surface area contributed by atoms with Gasteiger partial charge in [0.2, 0.25) is 0 Å². The largest absolute Gasteiger partial charge is 0.459 e. The van der Waals surface area contributed by atoms with E-state index >= 15 is 0 Å². The van der Waals surface area contributed by atoms with Crippen molar-refractivity contribution in [1.82, 2.24) is 9.55 Å². The number of esters is 1. The number of hydrogen-bond donors (Lipinski definition) is 0. The summed E-state index contributed by atoms with van der Waals surface area (Å²) in [6.45, 7) is 5.14. The highest BCUT2D eigenvalue weighted by molar-refractivity contribution is 5.82. The maximum Gasteiger partial charge on any atom is 0.420 e. The Bertz CT molecular complexity index is 933. The van der Waals surface area contributed by atoms with Crippen LogP contribution in [0.25, 0.3) is 22.2 Å². The molecule has 0 aliphatic rings. The number of fused-ring (bicyclic) bond motifs is 1. The third-order valence-corrected chi connectivity index (χ3v) is 3.37. The van der Waals surface area contributed by atoms with Crippen molar-refractivity contribution in [3.05, 3.63) is 53.3 Å². The summed E-state index contributed by atoms with van der Waals surface area (Å²) in [7, 11) is 0. The lowest BCUT2D eigenvalue weighted by atomic mass is 10.1. The molecule has 0 saturated carbocycles. The minimum absolute atomic E-state index is 0.195. The lowest BCUT2D eigenvalue weighted by Gasteiger charge is -2.19. The first-order valence-electron chi connectivity index (χ1n) is 7.59. The van der Waals surface area contributed by atoms with Crippen molar-refractivity contribution in [2.75, 3.05) is 0 Å². The van der Waals surface area contributed by atoms with Crippen LogP contribution in [0.5, 0.6) is 0 Å². The molecule has 0 spiro atoms. The lowest BCUT2D eigenvalue weighted by Crippen LogP contribution is -2.29. The zero-order valence-corrected chi connectivity index (χ0v) is 13.8. The normalized spacial score (nSPS) is 11.6. The average Bonchev–Trinajstić information content (AvgIpc) is 2.81.